The number of hydrogen-bond donors (Lipinski definition) is 0. The van der Waals surface area contributed by atoms with Gasteiger partial charge in [0, 0.05) is 21.4 Å². The van der Waals surface area contributed by atoms with E-state index in [4.69, 9.17) is 23.2 Å². The maximum absolute atomic E-state index is 12.7. The molecule has 0 saturated carbocycles. The van der Waals surface area contributed by atoms with Gasteiger partial charge in [-0.25, -0.2) is 0 Å². The Morgan fingerprint density at radius 1 is 1.26 bits per heavy atom. The molecule has 0 amide bonds. The maximum Gasteiger partial charge on any atom is 0.171 e. The molecule has 0 spiro atoms. The first-order chi connectivity index (χ1) is 9.16. The van der Waals surface area contributed by atoms with Crippen LogP contribution in [0.1, 0.15) is 39.6 Å². The summed E-state index contributed by atoms with van der Waals surface area (Å²) < 4.78 is 0. The second kappa shape index (κ2) is 5.28. The molecule has 3 rings (SSSR count). The van der Waals surface area contributed by atoms with Crippen molar-refractivity contribution in [3.63, 3.8) is 0 Å². The number of carbonyl (C=O) groups excluding carboxylic acids is 1. The Hall–Kier alpha value is -0.830. The highest BCUT2D eigenvalue weighted by atomic mass is 35.5. The minimum Gasteiger partial charge on any atom is -0.293 e. The SMILES string of the molecule is O=C(c1cc(Cl)ccc1Cl)C1CCCc2sccc21. The smallest absolute Gasteiger partial charge is 0.171 e. The highest BCUT2D eigenvalue weighted by Crippen LogP contribution is 2.38. The number of ketones is 1. The molecule has 1 aromatic carbocycles. The lowest BCUT2D eigenvalue weighted by molar-refractivity contribution is 0.0951. The van der Waals surface area contributed by atoms with Gasteiger partial charge in [0.1, 0.15) is 0 Å². The number of halogens is 2. The lowest BCUT2D eigenvalue weighted by atomic mass is 9.82. The van der Waals surface area contributed by atoms with Crippen molar-refractivity contribution in [2.24, 2.45) is 0 Å². The summed E-state index contributed by atoms with van der Waals surface area (Å²) in [5.41, 5.74) is 1.72. The fourth-order valence-corrected chi connectivity index (χ4v) is 4.00. The predicted molar refractivity (Wildman–Crippen MR) is 80.8 cm³/mol. The van der Waals surface area contributed by atoms with E-state index in [-0.39, 0.29) is 11.7 Å². The summed E-state index contributed by atoms with van der Waals surface area (Å²) in [6.45, 7) is 0. The van der Waals surface area contributed by atoms with E-state index >= 15 is 0 Å². The lowest BCUT2D eigenvalue weighted by Gasteiger charge is -2.21. The van der Waals surface area contributed by atoms with Crippen LogP contribution in [0.4, 0.5) is 0 Å². The van der Waals surface area contributed by atoms with Crippen molar-refractivity contribution >= 4 is 40.3 Å². The molecule has 1 aromatic heterocycles. The molecule has 19 heavy (non-hydrogen) atoms. The predicted octanol–water partition coefficient (Wildman–Crippen LogP) is 5.36. The molecule has 1 aliphatic carbocycles. The van der Waals surface area contributed by atoms with Crippen LogP contribution in [-0.2, 0) is 6.42 Å². The maximum atomic E-state index is 12.7. The van der Waals surface area contributed by atoms with Crippen molar-refractivity contribution in [2.75, 3.05) is 0 Å². The van der Waals surface area contributed by atoms with E-state index in [1.54, 1.807) is 29.5 Å². The van der Waals surface area contributed by atoms with Crippen LogP contribution in [0.25, 0.3) is 0 Å². The van der Waals surface area contributed by atoms with E-state index in [9.17, 15) is 4.79 Å². The normalized spacial score (nSPS) is 18.1. The van der Waals surface area contributed by atoms with Gasteiger partial charge in [-0.2, -0.15) is 0 Å². The van der Waals surface area contributed by atoms with Crippen LogP contribution >= 0.6 is 34.5 Å². The lowest BCUT2D eigenvalue weighted by Crippen LogP contribution is -2.17. The zero-order valence-electron chi connectivity index (χ0n) is 10.2. The molecule has 0 fully saturated rings. The van der Waals surface area contributed by atoms with Gasteiger partial charge in [-0.15, -0.1) is 11.3 Å². The van der Waals surface area contributed by atoms with Crippen LogP contribution in [0.2, 0.25) is 10.0 Å². The monoisotopic (exact) mass is 310 g/mol. The molecular formula is C15H12Cl2OS. The van der Waals surface area contributed by atoms with Crippen molar-refractivity contribution in [2.45, 2.75) is 25.2 Å². The summed E-state index contributed by atoms with van der Waals surface area (Å²) in [5, 5.41) is 3.10. The summed E-state index contributed by atoms with van der Waals surface area (Å²) in [5.74, 6) is 0.0258. The van der Waals surface area contributed by atoms with Gasteiger partial charge in [-0.3, -0.25) is 4.79 Å². The molecular weight excluding hydrogens is 299 g/mol. The van der Waals surface area contributed by atoms with Gasteiger partial charge < -0.3 is 0 Å². The van der Waals surface area contributed by atoms with Gasteiger partial charge in [0.05, 0.1) is 5.02 Å². The Morgan fingerprint density at radius 3 is 2.95 bits per heavy atom. The molecule has 0 N–H and O–H groups in total. The minimum absolute atomic E-state index is 0.0639. The Bertz CT molecular complexity index is 633. The number of Topliss-reactive ketones (excluding diaryl/α,β-unsaturated/α-hetero) is 1. The van der Waals surface area contributed by atoms with Gasteiger partial charge in [0.2, 0.25) is 0 Å². The molecule has 1 heterocycles. The summed E-state index contributed by atoms with van der Waals surface area (Å²) in [6, 6.07) is 7.14. The first-order valence-corrected chi connectivity index (χ1v) is 7.86. The fraction of sp³-hybridized carbons (Fsp3) is 0.267. The third-order valence-corrected chi connectivity index (χ3v) is 5.12. The van der Waals surface area contributed by atoms with E-state index < -0.39 is 0 Å². The molecule has 1 aliphatic rings. The topological polar surface area (TPSA) is 17.1 Å². The Labute approximate surface area is 126 Å². The van der Waals surface area contributed by atoms with E-state index in [1.807, 2.05) is 0 Å². The Balaban J connectivity index is 2.00. The van der Waals surface area contributed by atoms with Crippen molar-refractivity contribution in [3.8, 4) is 0 Å². The average Bonchev–Trinajstić information content (AvgIpc) is 2.89. The average molecular weight is 311 g/mol. The van der Waals surface area contributed by atoms with Crippen molar-refractivity contribution < 1.29 is 4.79 Å². The highest BCUT2D eigenvalue weighted by molar-refractivity contribution is 7.10. The number of carbonyl (C=O) groups is 1. The quantitative estimate of drug-likeness (QED) is 0.683. The molecule has 1 nitrogen and oxygen atoms in total. The summed E-state index contributed by atoms with van der Waals surface area (Å²) in [6.07, 6.45) is 3.04. The van der Waals surface area contributed by atoms with Crippen LogP contribution in [0, 0.1) is 0 Å². The summed E-state index contributed by atoms with van der Waals surface area (Å²) in [4.78, 5) is 14.0. The first-order valence-electron chi connectivity index (χ1n) is 6.22. The summed E-state index contributed by atoms with van der Waals surface area (Å²) >= 11 is 13.8. The number of hydrogen-bond acceptors (Lipinski definition) is 2. The molecule has 0 bridgehead atoms. The van der Waals surface area contributed by atoms with E-state index in [0.29, 0.717) is 15.6 Å². The molecule has 1 atom stereocenters. The Morgan fingerprint density at radius 2 is 2.11 bits per heavy atom. The third-order valence-electron chi connectivity index (χ3n) is 3.56. The molecule has 0 saturated heterocycles. The first kappa shape index (κ1) is 13.2. The second-order valence-electron chi connectivity index (χ2n) is 4.73. The van der Waals surface area contributed by atoms with Crippen LogP contribution in [0.3, 0.4) is 0 Å². The van der Waals surface area contributed by atoms with Crippen molar-refractivity contribution in [3.05, 3.63) is 55.7 Å². The van der Waals surface area contributed by atoms with Crippen molar-refractivity contribution in [1.29, 1.82) is 0 Å². The number of benzene rings is 1. The molecule has 0 aliphatic heterocycles. The fourth-order valence-electron chi connectivity index (χ4n) is 2.63. The van der Waals surface area contributed by atoms with Gasteiger partial charge in [-0.1, -0.05) is 23.2 Å². The van der Waals surface area contributed by atoms with Crippen LogP contribution < -0.4 is 0 Å². The van der Waals surface area contributed by atoms with Crippen LogP contribution in [-0.4, -0.2) is 5.78 Å². The minimum atomic E-state index is -0.0639. The van der Waals surface area contributed by atoms with Gasteiger partial charge in [0.15, 0.2) is 5.78 Å². The molecule has 2 aromatic rings. The molecule has 4 heteroatoms. The van der Waals surface area contributed by atoms with E-state index in [2.05, 4.69) is 11.4 Å². The highest BCUT2D eigenvalue weighted by Gasteiger charge is 2.29. The van der Waals surface area contributed by atoms with Crippen molar-refractivity contribution in [1.82, 2.24) is 0 Å². The second-order valence-corrected chi connectivity index (χ2v) is 6.58. The zero-order chi connectivity index (χ0) is 13.4. The van der Waals surface area contributed by atoms with E-state index in [0.717, 1.165) is 19.3 Å². The third kappa shape index (κ3) is 2.45. The Kier molecular flexibility index (Phi) is 3.66. The van der Waals surface area contributed by atoms with Gasteiger partial charge >= 0.3 is 0 Å². The number of aryl methyl sites for hydroxylation is 1. The molecule has 98 valence electrons. The van der Waals surface area contributed by atoms with Gasteiger partial charge in [0.25, 0.3) is 0 Å². The molecule has 1 unspecified atom stereocenters. The van der Waals surface area contributed by atoms with Gasteiger partial charge in [-0.05, 0) is 54.5 Å². The van der Waals surface area contributed by atoms with Crippen LogP contribution in [0.15, 0.2) is 29.6 Å². The van der Waals surface area contributed by atoms with E-state index in [1.165, 1.54) is 10.4 Å². The number of fused-ring (bicyclic) bond motifs is 1. The number of thiophene rings is 1. The summed E-state index contributed by atoms with van der Waals surface area (Å²) in [7, 11) is 0. The number of rotatable bonds is 2. The standard InChI is InChI=1S/C15H12Cl2OS/c16-9-4-5-13(17)12(8-9)15(18)11-2-1-3-14-10(11)6-7-19-14/h4-8,11H,1-3H2. The van der Waals surface area contributed by atoms with Crippen LogP contribution in [0.5, 0.6) is 0 Å². The largest absolute Gasteiger partial charge is 0.293 e. The zero-order valence-corrected chi connectivity index (χ0v) is 12.5. The molecule has 0 radical (unpaired) electrons.